The number of aliphatic hydroxyl groups excluding tert-OH is 2. The molecule has 7 nitrogen and oxygen atoms in total. The Morgan fingerprint density at radius 2 is 1.81 bits per heavy atom. The molecule has 2 aromatic carbocycles. The highest BCUT2D eigenvalue weighted by atomic mass is 79.9. The Bertz CT molecular complexity index is 1150. The Kier molecular flexibility index (Phi) is 5.50. The number of ether oxygens (including phenoxy) is 1. The van der Waals surface area contributed by atoms with Crippen LogP contribution in [0.1, 0.15) is 18.7 Å². The van der Waals surface area contributed by atoms with Gasteiger partial charge in [0.25, 0.3) is 0 Å². The van der Waals surface area contributed by atoms with E-state index in [9.17, 15) is 14.6 Å². The highest BCUT2D eigenvalue weighted by Gasteiger charge is 2.42. The SMILES string of the molecule is C[C@H]1O[C@@H](n2cc(-c3ccc(Br)cc3)c3c2N=CN(Nc2ccc(F)cc2)C3)[C@H](O)[C@@H]1O. The van der Waals surface area contributed by atoms with Crippen molar-refractivity contribution in [1.82, 2.24) is 9.58 Å². The lowest BCUT2D eigenvalue weighted by atomic mass is 10.0. The predicted molar refractivity (Wildman–Crippen MR) is 123 cm³/mol. The first-order valence-electron chi connectivity index (χ1n) is 10.2. The zero-order valence-electron chi connectivity index (χ0n) is 17.2. The van der Waals surface area contributed by atoms with Gasteiger partial charge in [-0.15, -0.1) is 0 Å². The Hall–Kier alpha value is -2.72. The van der Waals surface area contributed by atoms with Gasteiger partial charge in [-0.05, 0) is 48.9 Å². The van der Waals surface area contributed by atoms with Gasteiger partial charge in [-0.2, -0.15) is 0 Å². The Morgan fingerprint density at radius 3 is 2.47 bits per heavy atom. The summed E-state index contributed by atoms with van der Waals surface area (Å²) in [5.74, 6) is 0.358. The average molecular weight is 501 g/mol. The number of aromatic nitrogens is 1. The molecule has 5 rings (SSSR count). The summed E-state index contributed by atoms with van der Waals surface area (Å²) in [6.45, 7) is 2.21. The molecule has 0 aliphatic carbocycles. The van der Waals surface area contributed by atoms with Gasteiger partial charge in [0, 0.05) is 21.8 Å². The minimum atomic E-state index is -1.06. The van der Waals surface area contributed by atoms with Crippen molar-refractivity contribution in [2.24, 2.45) is 4.99 Å². The zero-order valence-corrected chi connectivity index (χ0v) is 18.8. The lowest BCUT2D eigenvalue weighted by Crippen LogP contribution is -2.31. The topological polar surface area (TPSA) is 82.2 Å². The summed E-state index contributed by atoms with van der Waals surface area (Å²) < 4.78 is 21.9. The molecule has 9 heteroatoms. The molecule has 0 bridgehead atoms. The standard InChI is InChI=1S/C23H22BrFN4O3/c1-13-20(30)21(31)23(32-13)29-11-18(14-2-4-15(24)5-3-14)19-10-28(12-26-22(19)29)27-17-8-6-16(25)7-9-17/h2-9,11-13,20-21,23,27,30-31H,10H2,1H3/t13-,20-,21-,23-/m1/s1. The van der Waals surface area contributed by atoms with E-state index < -0.39 is 24.5 Å². The molecule has 3 heterocycles. The van der Waals surface area contributed by atoms with Crippen LogP contribution in [0, 0.1) is 5.82 Å². The maximum absolute atomic E-state index is 13.2. The average Bonchev–Trinajstić information content (AvgIpc) is 3.28. The molecule has 0 radical (unpaired) electrons. The number of anilines is 1. The molecule has 166 valence electrons. The van der Waals surface area contributed by atoms with Gasteiger partial charge >= 0.3 is 0 Å². The number of hydrazine groups is 1. The number of hydrogen-bond donors (Lipinski definition) is 3. The molecule has 0 unspecified atom stereocenters. The third-order valence-electron chi connectivity index (χ3n) is 5.78. The van der Waals surface area contributed by atoms with E-state index in [1.807, 2.05) is 35.5 Å². The molecule has 32 heavy (non-hydrogen) atoms. The molecule has 1 aromatic heterocycles. The Balaban J connectivity index is 1.52. The van der Waals surface area contributed by atoms with E-state index in [1.165, 1.54) is 12.1 Å². The van der Waals surface area contributed by atoms with Gasteiger partial charge < -0.3 is 19.5 Å². The number of nitrogens with zero attached hydrogens (tertiary/aromatic N) is 3. The van der Waals surface area contributed by atoms with E-state index in [-0.39, 0.29) is 5.82 Å². The van der Waals surface area contributed by atoms with Gasteiger partial charge in [0.05, 0.1) is 18.3 Å². The predicted octanol–water partition coefficient (Wildman–Crippen LogP) is 4.20. The number of fused-ring (bicyclic) bond motifs is 1. The third kappa shape index (κ3) is 3.81. The van der Waals surface area contributed by atoms with Crippen LogP contribution in [0.15, 0.2) is 64.2 Å². The van der Waals surface area contributed by atoms with E-state index in [2.05, 4.69) is 26.3 Å². The lowest BCUT2D eigenvalue weighted by molar-refractivity contribution is -0.0308. The van der Waals surface area contributed by atoms with Crippen molar-refractivity contribution in [3.05, 3.63) is 70.6 Å². The quantitative estimate of drug-likeness (QED) is 0.500. The van der Waals surface area contributed by atoms with Gasteiger partial charge in [0.2, 0.25) is 0 Å². The molecular formula is C23H22BrFN4O3. The number of aliphatic hydroxyl groups is 2. The fraction of sp³-hybridized carbons (Fsp3) is 0.261. The van der Waals surface area contributed by atoms with Crippen molar-refractivity contribution in [1.29, 1.82) is 0 Å². The summed E-state index contributed by atoms with van der Waals surface area (Å²) in [7, 11) is 0. The maximum atomic E-state index is 13.2. The van der Waals surface area contributed by atoms with Gasteiger partial charge in [0.1, 0.15) is 30.2 Å². The van der Waals surface area contributed by atoms with Crippen molar-refractivity contribution in [2.75, 3.05) is 5.43 Å². The normalized spacial score (nSPS) is 24.6. The number of benzene rings is 2. The van der Waals surface area contributed by atoms with Gasteiger partial charge in [-0.3, -0.25) is 10.4 Å². The van der Waals surface area contributed by atoms with Crippen LogP contribution in [0.2, 0.25) is 0 Å². The monoisotopic (exact) mass is 500 g/mol. The Labute approximate surface area is 192 Å². The molecule has 1 fully saturated rings. The summed E-state index contributed by atoms with van der Waals surface area (Å²) in [6.07, 6.45) is 0.281. The first kappa shape index (κ1) is 21.1. The molecule has 0 saturated carbocycles. The molecule has 2 aliphatic rings. The summed E-state index contributed by atoms with van der Waals surface area (Å²) in [5, 5.41) is 22.6. The first-order chi connectivity index (χ1) is 15.4. The Morgan fingerprint density at radius 1 is 1.09 bits per heavy atom. The highest BCUT2D eigenvalue weighted by molar-refractivity contribution is 9.10. The fourth-order valence-corrected chi connectivity index (χ4v) is 4.34. The van der Waals surface area contributed by atoms with Crippen molar-refractivity contribution in [2.45, 2.75) is 38.0 Å². The van der Waals surface area contributed by atoms with Gasteiger partial charge in [-0.25, -0.2) is 9.38 Å². The fourth-order valence-electron chi connectivity index (χ4n) is 4.08. The van der Waals surface area contributed by atoms with Crippen LogP contribution in [-0.4, -0.2) is 44.4 Å². The smallest absolute Gasteiger partial charge is 0.164 e. The van der Waals surface area contributed by atoms with Crippen molar-refractivity contribution in [3.8, 4) is 11.1 Å². The summed E-state index contributed by atoms with van der Waals surface area (Å²) in [4.78, 5) is 4.63. The zero-order chi connectivity index (χ0) is 22.4. The molecule has 3 aromatic rings. The lowest BCUT2D eigenvalue weighted by Gasteiger charge is -2.26. The van der Waals surface area contributed by atoms with Crippen LogP contribution in [0.3, 0.4) is 0 Å². The number of halogens is 2. The molecule has 3 N–H and O–H groups in total. The van der Waals surface area contributed by atoms with Crippen LogP contribution in [0.4, 0.5) is 15.9 Å². The molecule has 4 atom stereocenters. The van der Waals surface area contributed by atoms with E-state index in [0.29, 0.717) is 12.4 Å². The first-order valence-corrected chi connectivity index (χ1v) is 11.0. The van der Waals surface area contributed by atoms with Gasteiger partial charge in [-0.1, -0.05) is 28.1 Å². The second-order valence-corrected chi connectivity index (χ2v) is 8.88. The van der Waals surface area contributed by atoms with Gasteiger partial charge in [0.15, 0.2) is 6.23 Å². The summed E-state index contributed by atoms with van der Waals surface area (Å²) >= 11 is 3.47. The van der Waals surface area contributed by atoms with Crippen LogP contribution in [0.25, 0.3) is 11.1 Å². The maximum Gasteiger partial charge on any atom is 0.164 e. The minimum absolute atomic E-state index is 0.300. The summed E-state index contributed by atoms with van der Waals surface area (Å²) in [5.41, 5.74) is 6.82. The van der Waals surface area contributed by atoms with Crippen molar-refractivity contribution >= 4 is 33.8 Å². The number of hydrogen-bond acceptors (Lipinski definition) is 6. The molecule has 0 amide bonds. The molecule has 2 aliphatic heterocycles. The summed E-state index contributed by atoms with van der Waals surface area (Å²) in [6, 6.07) is 14.0. The highest BCUT2D eigenvalue weighted by Crippen LogP contribution is 2.41. The third-order valence-corrected chi connectivity index (χ3v) is 6.31. The van der Waals surface area contributed by atoms with Crippen molar-refractivity contribution < 1.29 is 19.3 Å². The minimum Gasteiger partial charge on any atom is -0.388 e. The number of nitrogens with one attached hydrogen (secondary N) is 1. The second kappa shape index (κ2) is 8.32. The largest absolute Gasteiger partial charge is 0.388 e. The van der Waals surface area contributed by atoms with Crippen LogP contribution in [0.5, 0.6) is 0 Å². The van der Waals surface area contributed by atoms with E-state index >= 15 is 0 Å². The van der Waals surface area contributed by atoms with E-state index in [4.69, 9.17) is 4.74 Å². The number of aliphatic imine (C=N–C) groups is 1. The molecular weight excluding hydrogens is 479 g/mol. The number of rotatable bonds is 4. The second-order valence-electron chi connectivity index (χ2n) is 7.96. The van der Waals surface area contributed by atoms with E-state index in [1.54, 1.807) is 30.0 Å². The van der Waals surface area contributed by atoms with Crippen LogP contribution < -0.4 is 5.43 Å². The van der Waals surface area contributed by atoms with E-state index in [0.717, 1.165) is 26.9 Å². The van der Waals surface area contributed by atoms with Crippen LogP contribution >= 0.6 is 15.9 Å². The van der Waals surface area contributed by atoms with Crippen LogP contribution in [-0.2, 0) is 11.3 Å². The molecule has 0 spiro atoms. The van der Waals surface area contributed by atoms with Crippen molar-refractivity contribution in [3.63, 3.8) is 0 Å². The molecule has 1 saturated heterocycles.